The van der Waals surface area contributed by atoms with Crippen molar-refractivity contribution in [2.24, 2.45) is 4.99 Å². The smallest absolute Gasteiger partial charge is 0.335 e. The summed E-state index contributed by atoms with van der Waals surface area (Å²) in [5, 5.41) is 13.6. The zero-order chi connectivity index (χ0) is 21.8. The average molecular weight is 406 g/mol. The van der Waals surface area contributed by atoms with E-state index in [2.05, 4.69) is 15.3 Å². The van der Waals surface area contributed by atoms with Crippen molar-refractivity contribution in [3.05, 3.63) is 80.5 Å². The van der Waals surface area contributed by atoms with Crippen molar-refractivity contribution in [1.29, 1.82) is 0 Å². The fraction of sp³-hybridized carbons (Fsp3) is 0.182. The minimum absolute atomic E-state index is 0.0991. The first kappa shape index (κ1) is 20.8. The fourth-order valence-electron chi connectivity index (χ4n) is 3.15. The molecule has 0 aliphatic carbocycles. The van der Waals surface area contributed by atoms with Crippen LogP contribution in [-0.2, 0) is 4.79 Å². The highest BCUT2D eigenvalue weighted by atomic mass is 16.3. The van der Waals surface area contributed by atoms with Crippen LogP contribution >= 0.6 is 0 Å². The molecule has 3 rings (SSSR count). The predicted molar refractivity (Wildman–Crippen MR) is 116 cm³/mol. The molecule has 0 radical (unpaired) electrons. The topological polar surface area (TPSA) is 117 Å². The van der Waals surface area contributed by atoms with Crippen LogP contribution in [0.3, 0.4) is 0 Å². The average Bonchev–Trinajstić information content (AvgIpc) is 2.69. The molecule has 1 amide bonds. The number of nitrogens with one attached hydrogen (secondary N) is 2. The molecule has 0 aliphatic rings. The number of hydrogen-bond acceptors (Lipinski definition) is 5. The molecule has 0 fully saturated rings. The van der Waals surface area contributed by atoms with Crippen molar-refractivity contribution in [2.75, 3.05) is 5.32 Å². The Bertz CT molecular complexity index is 1250. The molecule has 2 aromatic carbocycles. The molecule has 0 unspecified atom stereocenters. The molecule has 1 aromatic heterocycles. The zero-order valence-corrected chi connectivity index (χ0v) is 16.9. The Morgan fingerprint density at radius 2 is 1.80 bits per heavy atom. The number of aromatic nitrogens is 2. The lowest BCUT2D eigenvalue weighted by Crippen LogP contribution is -2.33. The maximum atomic E-state index is 12.6. The summed E-state index contributed by atoms with van der Waals surface area (Å²) in [6.45, 7) is 4.96. The quantitative estimate of drug-likeness (QED) is 0.565. The van der Waals surface area contributed by atoms with Crippen LogP contribution in [0, 0.1) is 6.92 Å². The van der Waals surface area contributed by atoms with E-state index in [9.17, 15) is 19.5 Å². The molecule has 0 spiro atoms. The van der Waals surface area contributed by atoms with Gasteiger partial charge >= 0.3 is 5.69 Å². The van der Waals surface area contributed by atoms with Crippen LogP contribution in [0.5, 0.6) is 5.88 Å². The zero-order valence-electron chi connectivity index (χ0n) is 16.9. The van der Waals surface area contributed by atoms with Gasteiger partial charge in [0, 0.05) is 6.92 Å². The van der Waals surface area contributed by atoms with Crippen molar-refractivity contribution in [3.63, 3.8) is 0 Å². The maximum absolute atomic E-state index is 12.6. The van der Waals surface area contributed by atoms with Gasteiger partial charge in [0.1, 0.15) is 5.56 Å². The van der Waals surface area contributed by atoms with Gasteiger partial charge in [0.25, 0.3) is 5.56 Å². The Labute approximate surface area is 172 Å². The molecule has 8 nitrogen and oxygen atoms in total. The molecule has 0 aliphatic heterocycles. The molecule has 0 bridgehead atoms. The number of aromatic hydroxyl groups is 1. The van der Waals surface area contributed by atoms with E-state index in [4.69, 9.17) is 0 Å². The maximum Gasteiger partial charge on any atom is 0.335 e. The second-order valence-electron chi connectivity index (χ2n) is 6.69. The van der Waals surface area contributed by atoms with Gasteiger partial charge in [-0.2, -0.15) is 0 Å². The lowest BCUT2D eigenvalue weighted by atomic mass is 10.1. The molecule has 3 aromatic rings. The van der Waals surface area contributed by atoms with E-state index in [0.29, 0.717) is 23.5 Å². The van der Waals surface area contributed by atoms with Crippen LogP contribution < -0.4 is 16.6 Å². The predicted octanol–water partition coefficient (Wildman–Crippen LogP) is 3.03. The first-order valence-electron chi connectivity index (χ1n) is 9.42. The lowest BCUT2D eigenvalue weighted by molar-refractivity contribution is -0.114. The Balaban J connectivity index is 2.25. The number of hydrogen-bond donors (Lipinski definition) is 3. The fourth-order valence-corrected chi connectivity index (χ4v) is 3.15. The number of anilines is 1. The molecule has 3 N–H and O–H groups in total. The van der Waals surface area contributed by atoms with Crippen LogP contribution in [0.2, 0.25) is 0 Å². The van der Waals surface area contributed by atoms with Crippen molar-refractivity contribution in [3.8, 4) is 11.6 Å². The molecule has 0 saturated carbocycles. The van der Waals surface area contributed by atoms with Gasteiger partial charge in [-0.05, 0) is 37.1 Å². The monoisotopic (exact) mass is 406 g/mol. The third kappa shape index (κ3) is 4.07. The molecular weight excluding hydrogens is 384 g/mol. The van der Waals surface area contributed by atoms with E-state index in [1.54, 1.807) is 56.3 Å². The molecular formula is C22H22N4O4. The summed E-state index contributed by atoms with van der Waals surface area (Å²) in [6, 6.07) is 13.9. The Hall–Kier alpha value is -3.94. The van der Waals surface area contributed by atoms with Gasteiger partial charge in [0.05, 0.1) is 22.8 Å². The first-order valence-corrected chi connectivity index (χ1v) is 9.42. The second-order valence-corrected chi connectivity index (χ2v) is 6.69. The highest BCUT2D eigenvalue weighted by Crippen LogP contribution is 2.27. The van der Waals surface area contributed by atoms with Gasteiger partial charge in [-0.15, -0.1) is 0 Å². The molecule has 8 heteroatoms. The third-order valence-electron chi connectivity index (χ3n) is 4.54. The van der Waals surface area contributed by atoms with Gasteiger partial charge < -0.3 is 10.4 Å². The molecule has 154 valence electrons. The SMILES string of the molecule is CCC(=Nc1ccccc1NC(C)=O)c1c(O)n(-c2ccccc2C)c(=O)[nH]c1=O. The number of rotatable bonds is 5. The number of aliphatic imine (C=N–C) groups is 1. The summed E-state index contributed by atoms with van der Waals surface area (Å²) in [7, 11) is 0. The van der Waals surface area contributed by atoms with Crippen LogP contribution in [-0.4, -0.2) is 26.3 Å². The summed E-state index contributed by atoms with van der Waals surface area (Å²) >= 11 is 0. The van der Waals surface area contributed by atoms with Crippen LogP contribution in [0.1, 0.15) is 31.4 Å². The van der Waals surface area contributed by atoms with Crippen molar-refractivity contribution in [2.45, 2.75) is 27.2 Å². The number of carbonyl (C=O) groups is 1. The summed E-state index contributed by atoms with van der Waals surface area (Å²) in [4.78, 5) is 43.3. The molecule has 0 saturated heterocycles. The Morgan fingerprint density at radius 1 is 1.13 bits per heavy atom. The molecule has 30 heavy (non-hydrogen) atoms. The Kier molecular flexibility index (Phi) is 5.96. The van der Waals surface area contributed by atoms with E-state index in [1.165, 1.54) is 6.92 Å². The normalized spacial score (nSPS) is 11.4. The van der Waals surface area contributed by atoms with Crippen LogP contribution in [0.25, 0.3) is 5.69 Å². The van der Waals surface area contributed by atoms with Gasteiger partial charge in [0.2, 0.25) is 11.8 Å². The lowest BCUT2D eigenvalue weighted by Gasteiger charge is -2.14. The minimum Gasteiger partial charge on any atom is -0.493 e. The van der Waals surface area contributed by atoms with Crippen LogP contribution in [0.15, 0.2) is 63.1 Å². The number of para-hydroxylation sites is 3. The number of H-pyrrole nitrogens is 1. The van der Waals surface area contributed by atoms with E-state index in [1.807, 2.05) is 6.07 Å². The number of amides is 1. The highest BCUT2D eigenvalue weighted by molar-refractivity contribution is 6.04. The highest BCUT2D eigenvalue weighted by Gasteiger charge is 2.20. The number of aryl methyl sites for hydroxylation is 1. The van der Waals surface area contributed by atoms with Crippen molar-refractivity contribution >= 4 is 23.0 Å². The number of nitrogens with zero attached hydrogens (tertiary/aromatic N) is 2. The standard InChI is InChI=1S/C22H22N4O4/c1-4-15(24-17-11-7-6-10-16(17)23-14(3)27)19-20(28)25-22(30)26(21(19)29)18-12-8-5-9-13(18)2/h5-12,29H,4H2,1-3H3,(H,23,27)(H,25,28,30). The summed E-state index contributed by atoms with van der Waals surface area (Å²) in [5.41, 5.74) is 0.790. The summed E-state index contributed by atoms with van der Waals surface area (Å²) < 4.78 is 1.05. The third-order valence-corrected chi connectivity index (χ3v) is 4.54. The van der Waals surface area contributed by atoms with E-state index < -0.39 is 17.1 Å². The summed E-state index contributed by atoms with van der Waals surface area (Å²) in [5.74, 6) is -0.750. The van der Waals surface area contributed by atoms with E-state index in [-0.39, 0.29) is 17.2 Å². The van der Waals surface area contributed by atoms with E-state index in [0.717, 1.165) is 10.1 Å². The Morgan fingerprint density at radius 3 is 2.47 bits per heavy atom. The van der Waals surface area contributed by atoms with E-state index >= 15 is 0 Å². The van der Waals surface area contributed by atoms with Gasteiger partial charge in [-0.3, -0.25) is 19.6 Å². The molecule has 1 heterocycles. The minimum atomic E-state index is -0.746. The first-order chi connectivity index (χ1) is 14.3. The number of benzene rings is 2. The molecule has 0 atom stereocenters. The summed E-state index contributed by atoms with van der Waals surface area (Å²) in [6.07, 6.45) is 0.303. The van der Waals surface area contributed by atoms with Crippen LogP contribution in [0.4, 0.5) is 11.4 Å². The van der Waals surface area contributed by atoms with Gasteiger partial charge in [-0.25, -0.2) is 9.36 Å². The van der Waals surface area contributed by atoms with Gasteiger partial charge in [-0.1, -0.05) is 37.3 Å². The van der Waals surface area contributed by atoms with Crippen molar-refractivity contribution < 1.29 is 9.90 Å². The van der Waals surface area contributed by atoms with Crippen molar-refractivity contribution in [1.82, 2.24) is 9.55 Å². The number of aromatic amines is 1. The number of carbonyl (C=O) groups excluding carboxylic acids is 1. The largest absolute Gasteiger partial charge is 0.493 e. The van der Waals surface area contributed by atoms with Gasteiger partial charge in [0.15, 0.2) is 0 Å². The second kappa shape index (κ2) is 8.60.